The Kier molecular flexibility index (Phi) is 6.72. The number of hydrogen-bond donors (Lipinski definition) is 1. The van der Waals surface area contributed by atoms with E-state index in [9.17, 15) is 13.2 Å². The Bertz CT molecular complexity index is 1650. The molecule has 0 spiro atoms. The summed E-state index contributed by atoms with van der Waals surface area (Å²) in [5, 5.41) is 0. The molecule has 0 saturated carbocycles. The molecule has 1 fully saturated rings. The number of sulfonamides is 1. The van der Waals surface area contributed by atoms with Crippen molar-refractivity contribution < 1.29 is 22.4 Å². The summed E-state index contributed by atoms with van der Waals surface area (Å²) in [5.74, 6) is -0.170. The van der Waals surface area contributed by atoms with E-state index < -0.39 is 10.0 Å². The van der Waals surface area contributed by atoms with E-state index in [0.717, 1.165) is 22.4 Å². The third-order valence-electron chi connectivity index (χ3n) is 7.18. The van der Waals surface area contributed by atoms with Gasteiger partial charge in [0.25, 0.3) is 15.9 Å². The number of oxazole rings is 1. The summed E-state index contributed by atoms with van der Waals surface area (Å²) in [6.45, 7) is 6.23. The van der Waals surface area contributed by atoms with Gasteiger partial charge in [0.05, 0.1) is 22.3 Å². The Balaban J connectivity index is 1.42. The van der Waals surface area contributed by atoms with Crippen LogP contribution in [0.4, 0.5) is 5.95 Å². The van der Waals surface area contributed by atoms with Gasteiger partial charge in [0, 0.05) is 43.4 Å². The highest BCUT2D eigenvalue weighted by atomic mass is 32.2. The van der Waals surface area contributed by atoms with E-state index in [1.54, 1.807) is 29.4 Å². The van der Waals surface area contributed by atoms with Gasteiger partial charge in [-0.3, -0.25) is 9.69 Å². The van der Waals surface area contributed by atoms with Crippen LogP contribution < -0.4 is 9.46 Å². The number of nitrogens with one attached hydrogen (secondary N) is 1. The summed E-state index contributed by atoms with van der Waals surface area (Å²) >= 11 is 0. The van der Waals surface area contributed by atoms with Crippen LogP contribution in [-0.4, -0.2) is 71.4 Å². The molecule has 2 aliphatic rings. The minimum absolute atomic E-state index is 0.0534. The lowest BCUT2D eigenvalue weighted by molar-refractivity contribution is 0.0307. The Labute approximate surface area is 231 Å². The smallest absolute Gasteiger partial charge is 0.264 e. The van der Waals surface area contributed by atoms with E-state index in [1.807, 2.05) is 32.0 Å². The first kappa shape index (κ1) is 26.0. The number of amides is 1. The fourth-order valence-corrected chi connectivity index (χ4v) is 6.22. The number of rotatable bonds is 3. The second kappa shape index (κ2) is 10.4. The second-order valence-corrected chi connectivity index (χ2v) is 11.7. The van der Waals surface area contributed by atoms with Crippen molar-refractivity contribution >= 4 is 21.9 Å². The van der Waals surface area contributed by atoms with E-state index >= 15 is 0 Å². The fourth-order valence-electron chi connectivity index (χ4n) is 5.23. The number of benzene rings is 2. The molecule has 2 aromatic heterocycles. The number of nitrogens with zero attached hydrogens (tertiary/aromatic N) is 5. The first-order valence-corrected chi connectivity index (χ1v) is 14.4. The van der Waals surface area contributed by atoms with Gasteiger partial charge >= 0.3 is 0 Å². The minimum atomic E-state index is -4.09. The molecule has 6 rings (SSSR count). The maximum absolute atomic E-state index is 13.7. The van der Waals surface area contributed by atoms with Crippen LogP contribution in [0.5, 0.6) is 5.88 Å². The molecule has 1 saturated heterocycles. The topological polar surface area (TPSA) is 131 Å². The van der Waals surface area contributed by atoms with Crippen molar-refractivity contribution in [1.29, 1.82) is 0 Å². The van der Waals surface area contributed by atoms with Crippen molar-refractivity contribution in [3.05, 3.63) is 83.6 Å². The standard InChI is InChI=1S/C28H28N6O5S/c1-18-5-3-6-19(2)26(18)24-12-25-31-28(30-24)32-40(36,37)23-8-4-7-20(11-23)27(35)34-10-9-33(14-22(34)16-39-25)13-21-15-38-17-29-21/h3-8,11-12,15,17,22H,9-10,13-14,16H2,1-2H3,(H,30,31,32)/t22-/m1/s1. The SMILES string of the molecule is Cc1cccc(C)c1-c1cc2nc(n1)NS(=O)(=O)c1cccc(c1)C(=O)N1CCN(Cc3cocn3)C[C@@H]1CO2. The normalized spacial score (nSPS) is 18.9. The first-order valence-electron chi connectivity index (χ1n) is 12.9. The zero-order chi connectivity index (χ0) is 27.9. The van der Waals surface area contributed by atoms with Crippen molar-refractivity contribution in [2.75, 3.05) is 31.0 Å². The predicted octanol–water partition coefficient (Wildman–Crippen LogP) is 3.27. The summed E-state index contributed by atoms with van der Waals surface area (Å²) in [4.78, 5) is 30.7. The number of carbonyl (C=O) groups excluding carboxylic acids is 1. The first-order chi connectivity index (χ1) is 19.3. The van der Waals surface area contributed by atoms with Gasteiger partial charge in [0.15, 0.2) is 6.39 Å². The molecule has 0 radical (unpaired) electrons. The summed E-state index contributed by atoms with van der Waals surface area (Å²) in [6.07, 6.45) is 3.00. The number of aryl methyl sites for hydroxylation is 2. The van der Waals surface area contributed by atoms with Crippen molar-refractivity contribution in [1.82, 2.24) is 24.8 Å². The molecule has 4 bridgehead atoms. The van der Waals surface area contributed by atoms with Gasteiger partial charge in [-0.05, 0) is 43.2 Å². The summed E-state index contributed by atoms with van der Waals surface area (Å²) in [6, 6.07) is 13.3. The van der Waals surface area contributed by atoms with Crippen LogP contribution in [0.2, 0.25) is 0 Å². The van der Waals surface area contributed by atoms with Gasteiger partial charge in [-0.2, -0.15) is 4.98 Å². The molecule has 12 heteroatoms. The molecular weight excluding hydrogens is 532 g/mol. The number of anilines is 1. The lowest BCUT2D eigenvalue weighted by Crippen LogP contribution is -2.57. The van der Waals surface area contributed by atoms with Crippen molar-refractivity contribution in [3.8, 4) is 17.1 Å². The Morgan fingerprint density at radius 3 is 2.62 bits per heavy atom. The molecule has 11 nitrogen and oxygen atoms in total. The quantitative estimate of drug-likeness (QED) is 0.401. The Hall–Kier alpha value is -4.29. The molecule has 2 aliphatic heterocycles. The molecular formula is C28H28N6O5S. The molecule has 40 heavy (non-hydrogen) atoms. The van der Waals surface area contributed by atoms with E-state index in [2.05, 4.69) is 24.6 Å². The van der Waals surface area contributed by atoms with Gasteiger partial charge in [0.1, 0.15) is 12.9 Å². The number of aromatic nitrogens is 3. The van der Waals surface area contributed by atoms with Crippen molar-refractivity contribution in [2.45, 2.75) is 31.3 Å². The van der Waals surface area contributed by atoms with Crippen LogP contribution >= 0.6 is 0 Å². The molecule has 0 unspecified atom stereocenters. The second-order valence-electron chi connectivity index (χ2n) is 9.99. The average molecular weight is 561 g/mol. The average Bonchev–Trinajstić information content (AvgIpc) is 3.44. The Morgan fingerprint density at radius 1 is 1.05 bits per heavy atom. The molecule has 1 N–H and O–H groups in total. The van der Waals surface area contributed by atoms with E-state index in [1.165, 1.54) is 18.5 Å². The fraction of sp³-hybridized carbons (Fsp3) is 0.286. The summed E-state index contributed by atoms with van der Waals surface area (Å²) in [5.41, 5.74) is 4.45. The predicted molar refractivity (Wildman–Crippen MR) is 146 cm³/mol. The maximum Gasteiger partial charge on any atom is 0.264 e. The van der Waals surface area contributed by atoms with Gasteiger partial charge in [-0.1, -0.05) is 24.3 Å². The lowest BCUT2D eigenvalue weighted by Gasteiger charge is -2.41. The highest BCUT2D eigenvalue weighted by molar-refractivity contribution is 7.92. The lowest BCUT2D eigenvalue weighted by atomic mass is 10.00. The number of fused-ring (bicyclic) bond motifs is 5. The zero-order valence-corrected chi connectivity index (χ0v) is 22.9. The van der Waals surface area contributed by atoms with Crippen LogP contribution in [-0.2, 0) is 16.6 Å². The van der Waals surface area contributed by atoms with Gasteiger partial charge in [-0.15, -0.1) is 0 Å². The number of hydrogen-bond acceptors (Lipinski definition) is 9. The van der Waals surface area contributed by atoms with E-state index in [0.29, 0.717) is 31.9 Å². The molecule has 1 amide bonds. The number of ether oxygens (including phenoxy) is 1. The van der Waals surface area contributed by atoms with Gasteiger partial charge < -0.3 is 14.1 Å². The van der Waals surface area contributed by atoms with Crippen LogP contribution in [0, 0.1) is 13.8 Å². The highest BCUT2D eigenvalue weighted by Crippen LogP contribution is 2.30. The van der Waals surface area contributed by atoms with E-state index in [4.69, 9.17) is 9.15 Å². The summed E-state index contributed by atoms with van der Waals surface area (Å²) < 4.78 is 40.5. The number of carbonyl (C=O) groups is 1. The molecule has 0 aliphatic carbocycles. The number of piperazine rings is 1. The summed E-state index contributed by atoms with van der Waals surface area (Å²) in [7, 11) is -4.09. The Morgan fingerprint density at radius 2 is 1.85 bits per heavy atom. The minimum Gasteiger partial charge on any atom is -0.475 e. The molecule has 206 valence electrons. The third-order valence-corrected chi connectivity index (χ3v) is 8.50. The van der Waals surface area contributed by atoms with Crippen LogP contribution in [0.3, 0.4) is 0 Å². The molecule has 2 aromatic carbocycles. The van der Waals surface area contributed by atoms with Crippen molar-refractivity contribution in [2.24, 2.45) is 0 Å². The van der Waals surface area contributed by atoms with Crippen LogP contribution in [0.25, 0.3) is 11.3 Å². The van der Waals surface area contributed by atoms with Crippen LogP contribution in [0.1, 0.15) is 27.2 Å². The molecule has 1 atom stereocenters. The third kappa shape index (κ3) is 5.15. The van der Waals surface area contributed by atoms with Crippen molar-refractivity contribution in [3.63, 3.8) is 0 Å². The zero-order valence-electron chi connectivity index (χ0n) is 22.1. The largest absolute Gasteiger partial charge is 0.475 e. The monoisotopic (exact) mass is 560 g/mol. The van der Waals surface area contributed by atoms with E-state index in [-0.39, 0.29) is 40.8 Å². The van der Waals surface area contributed by atoms with Gasteiger partial charge in [0.2, 0.25) is 11.8 Å². The van der Waals surface area contributed by atoms with Crippen LogP contribution in [0.15, 0.2) is 70.5 Å². The molecule has 4 aromatic rings. The molecule has 4 heterocycles. The van der Waals surface area contributed by atoms with Gasteiger partial charge in [-0.25, -0.2) is 23.1 Å². The highest BCUT2D eigenvalue weighted by Gasteiger charge is 2.33. The maximum atomic E-state index is 13.7.